The maximum atomic E-state index is 10.7. The Morgan fingerprint density at radius 1 is 1.29 bits per heavy atom. The maximum Gasteiger partial charge on any atom is 0.371 e. The molecule has 0 spiro atoms. The van der Waals surface area contributed by atoms with Gasteiger partial charge in [0, 0.05) is 5.02 Å². The number of carbonyl (C=O) groups is 1. The monoisotopic (exact) mass is 365 g/mol. The van der Waals surface area contributed by atoms with Gasteiger partial charge in [0.25, 0.3) is 0 Å². The first-order valence-electron chi connectivity index (χ1n) is 6.84. The van der Waals surface area contributed by atoms with E-state index < -0.39 is 5.97 Å². The molecule has 0 aliphatic heterocycles. The van der Waals surface area contributed by atoms with Crippen LogP contribution in [0.15, 0.2) is 46.0 Å². The number of aromatic carboxylic acids is 1. The van der Waals surface area contributed by atoms with Crippen molar-refractivity contribution in [2.24, 2.45) is 0 Å². The molecule has 0 radical (unpaired) electrons. The van der Waals surface area contributed by atoms with E-state index in [-0.39, 0.29) is 12.4 Å². The Balaban J connectivity index is 1.51. The van der Waals surface area contributed by atoms with Crippen LogP contribution in [0.25, 0.3) is 0 Å². The number of hydrogen-bond donors (Lipinski definition) is 2. The van der Waals surface area contributed by atoms with Crippen molar-refractivity contribution >= 4 is 29.3 Å². The lowest BCUT2D eigenvalue weighted by Crippen LogP contribution is -1.97. The number of aromatic amines is 1. The van der Waals surface area contributed by atoms with E-state index in [1.54, 1.807) is 30.3 Å². The molecule has 0 aliphatic rings. The van der Waals surface area contributed by atoms with Crippen LogP contribution in [0.4, 0.5) is 0 Å². The third kappa shape index (κ3) is 4.30. The zero-order valence-corrected chi connectivity index (χ0v) is 13.8. The van der Waals surface area contributed by atoms with E-state index in [1.165, 1.54) is 17.8 Å². The number of nitrogens with zero attached hydrogens (tertiary/aromatic N) is 2. The van der Waals surface area contributed by atoms with Crippen molar-refractivity contribution in [3.8, 4) is 5.75 Å². The molecule has 2 N–H and O–H groups in total. The number of benzene rings is 1. The zero-order chi connectivity index (χ0) is 16.9. The second-order valence-electron chi connectivity index (χ2n) is 4.67. The number of furan rings is 1. The number of halogens is 1. The highest BCUT2D eigenvalue weighted by Crippen LogP contribution is 2.21. The summed E-state index contributed by atoms with van der Waals surface area (Å²) >= 11 is 7.14. The van der Waals surface area contributed by atoms with Gasteiger partial charge in [0.15, 0.2) is 5.82 Å². The SMILES string of the molecule is O=C(O)c1ccc(CSc2n[nH]c(COc3ccc(Cl)cc3)n2)o1. The first-order valence-corrected chi connectivity index (χ1v) is 8.21. The number of hydrogen-bond acceptors (Lipinski definition) is 6. The molecule has 0 saturated carbocycles. The minimum absolute atomic E-state index is 0.0855. The molecule has 0 fully saturated rings. The lowest BCUT2D eigenvalue weighted by molar-refractivity contribution is 0.0661. The molecule has 2 heterocycles. The average Bonchev–Trinajstić information content (AvgIpc) is 3.22. The first-order chi connectivity index (χ1) is 11.6. The second kappa shape index (κ2) is 7.41. The van der Waals surface area contributed by atoms with E-state index in [0.717, 1.165) is 0 Å². The summed E-state index contributed by atoms with van der Waals surface area (Å²) in [6.07, 6.45) is 0. The molecule has 0 saturated heterocycles. The lowest BCUT2D eigenvalue weighted by atomic mass is 10.3. The van der Waals surface area contributed by atoms with Crippen molar-refractivity contribution < 1.29 is 19.1 Å². The molecule has 0 amide bonds. The number of H-pyrrole nitrogens is 1. The van der Waals surface area contributed by atoms with Crippen molar-refractivity contribution in [1.29, 1.82) is 0 Å². The molecule has 9 heteroatoms. The van der Waals surface area contributed by atoms with Gasteiger partial charge >= 0.3 is 5.97 Å². The molecule has 3 rings (SSSR count). The molecule has 0 unspecified atom stereocenters. The van der Waals surface area contributed by atoms with Gasteiger partial charge in [-0.3, -0.25) is 5.10 Å². The number of ether oxygens (including phenoxy) is 1. The van der Waals surface area contributed by atoms with E-state index in [0.29, 0.717) is 33.3 Å². The number of rotatable bonds is 7. The number of thioether (sulfide) groups is 1. The van der Waals surface area contributed by atoms with E-state index in [9.17, 15) is 4.79 Å². The summed E-state index contributed by atoms with van der Waals surface area (Å²) in [6.45, 7) is 0.249. The summed E-state index contributed by atoms with van der Waals surface area (Å²) in [5, 5.41) is 16.8. The first kappa shape index (κ1) is 16.4. The van der Waals surface area contributed by atoms with Crippen LogP contribution in [0.1, 0.15) is 22.1 Å². The molecule has 24 heavy (non-hydrogen) atoms. The summed E-state index contributed by atoms with van der Waals surface area (Å²) in [5.74, 6) is 1.06. The van der Waals surface area contributed by atoms with Gasteiger partial charge < -0.3 is 14.3 Å². The van der Waals surface area contributed by atoms with Crippen LogP contribution in [0.2, 0.25) is 5.02 Å². The molecule has 0 bridgehead atoms. The van der Waals surface area contributed by atoms with Crippen LogP contribution < -0.4 is 4.74 Å². The number of aromatic nitrogens is 3. The summed E-state index contributed by atoms with van der Waals surface area (Å²) < 4.78 is 10.7. The summed E-state index contributed by atoms with van der Waals surface area (Å²) in [6, 6.07) is 10.1. The molecule has 1 aromatic carbocycles. The predicted molar refractivity (Wildman–Crippen MR) is 87.4 cm³/mol. The van der Waals surface area contributed by atoms with Crippen molar-refractivity contribution in [2.45, 2.75) is 17.5 Å². The third-order valence-electron chi connectivity index (χ3n) is 2.92. The van der Waals surface area contributed by atoms with Crippen molar-refractivity contribution in [3.63, 3.8) is 0 Å². The van der Waals surface area contributed by atoms with Crippen molar-refractivity contribution in [2.75, 3.05) is 0 Å². The molecule has 0 atom stereocenters. The van der Waals surface area contributed by atoms with Crippen molar-refractivity contribution in [1.82, 2.24) is 15.2 Å². The lowest BCUT2D eigenvalue weighted by Gasteiger charge is -2.03. The minimum Gasteiger partial charge on any atom is -0.486 e. The summed E-state index contributed by atoms with van der Waals surface area (Å²) in [5.41, 5.74) is 0. The van der Waals surface area contributed by atoms with Gasteiger partial charge in [-0.15, -0.1) is 5.10 Å². The Hall–Kier alpha value is -2.45. The van der Waals surface area contributed by atoms with Crippen LogP contribution >= 0.6 is 23.4 Å². The van der Waals surface area contributed by atoms with Crippen molar-refractivity contribution in [3.05, 3.63) is 58.8 Å². The van der Waals surface area contributed by atoms with Gasteiger partial charge in [0.1, 0.15) is 18.1 Å². The van der Waals surface area contributed by atoms with E-state index in [1.807, 2.05) is 0 Å². The third-order valence-corrected chi connectivity index (χ3v) is 4.04. The second-order valence-corrected chi connectivity index (χ2v) is 6.05. The Bertz CT molecular complexity index is 831. The average molecular weight is 366 g/mol. The highest BCUT2D eigenvalue weighted by atomic mass is 35.5. The van der Waals surface area contributed by atoms with Gasteiger partial charge in [-0.05, 0) is 36.4 Å². The summed E-state index contributed by atoms with van der Waals surface area (Å²) in [7, 11) is 0. The fraction of sp³-hybridized carbons (Fsp3) is 0.133. The van der Waals surface area contributed by atoms with Gasteiger partial charge in [-0.2, -0.15) is 0 Å². The highest BCUT2D eigenvalue weighted by Gasteiger charge is 2.11. The Kier molecular flexibility index (Phi) is 5.07. The fourth-order valence-corrected chi connectivity index (χ4v) is 2.63. The topological polar surface area (TPSA) is 101 Å². The molecular weight excluding hydrogens is 354 g/mol. The molecule has 0 aliphatic carbocycles. The molecule has 3 aromatic rings. The van der Waals surface area contributed by atoms with Gasteiger partial charge in [0.05, 0.1) is 5.75 Å². The number of nitrogens with one attached hydrogen (secondary N) is 1. The smallest absolute Gasteiger partial charge is 0.371 e. The predicted octanol–water partition coefficient (Wildman–Crippen LogP) is 3.62. The minimum atomic E-state index is -1.09. The molecular formula is C15H12ClN3O4S. The quantitative estimate of drug-likeness (QED) is 0.616. The van der Waals surface area contributed by atoms with Gasteiger partial charge in [-0.1, -0.05) is 23.4 Å². The number of carboxylic acid groups (broad SMARTS) is 1. The largest absolute Gasteiger partial charge is 0.486 e. The van der Waals surface area contributed by atoms with E-state index in [2.05, 4.69) is 15.2 Å². The maximum absolute atomic E-state index is 10.7. The Morgan fingerprint density at radius 2 is 2.08 bits per heavy atom. The van der Waals surface area contributed by atoms with Crippen LogP contribution in [0.3, 0.4) is 0 Å². The molecule has 2 aromatic heterocycles. The standard InChI is InChI=1S/C15H12ClN3O4S/c16-9-1-3-10(4-2-9)22-7-13-17-15(19-18-13)24-8-11-5-6-12(23-11)14(20)21/h1-6H,7-8H2,(H,20,21)(H,17,18,19). The van der Waals surface area contributed by atoms with Gasteiger partial charge in [-0.25, -0.2) is 9.78 Å². The van der Waals surface area contributed by atoms with E-state index >= 15 is 0 Å². The Labute approximate surface area is 146 Å². The van der Waals surface area contributed by atoms with Crippen LogP contribution in [-0.4, -0.2) is 26.3 Å². The molecule has 7 nitrogen and oxygen atoms in total. The fourth-order valence-electron chi connectivity index (χ4n) is 1.80. The van der Waals surface area contributed by atoms with Gasteiger partial charge in [0.2, 0.25) is 10.9 Å². The molecule has 124 valence electrons. The van der Waals surface area contributed by atoms with E-state index in [4.69, 9.17) is 25.9 Å². The highest BCUT2D eigenvalue weighted by molar-refractivity contribution is 7.98. The normalized spacial score (nSPS) is 10.7. The number of carboxylic acids is 1. The van der Waals surface area contributed by atoms with Crippen LogP contribution in [0, 0.1) is 0 Å². The van der Waals surface area contributed by atoms with Crippen LogP contribution in [0.5, 0.6) is 5.75 Å². The summed E-state index contributed by atoms with van der Waals surface area (Å²) in [4.78, 5) is 15.0. The Morgan fingerprint density at radius 3 is 2.79 bits per heavy atom. The zero-order valence-electron chi connectivity index (χ0n) is 12.2. The van der Waals surface area contributed by atoms with Crippen LogP contribution in [-0.2, 0) is 12.4 Å².